The first kappa shape index (κ1) is 19.3. The number of aromatic nitrogens is 2. The first-order valence-corrected chi connectivity index (χ1v) is 7.60. The summed E-state index contributed by atoms with van der Waals surface area (Å²) in [6, 6.07) is 0. The average molecular weight is 326 g/mol. The standard InChI is InChI=1S/C16H26N2O5/c1-10(19)16-12(17-11(2)18(16)3)8-9-14(21)13(20)6-5-7-15(22)23-4/h8-10,13-14,19-21H,5-7H2,1-4H3/b9-8+/t10-,13?,14?/m0/s1. The first-order valence-electron chi connectivity index (χ1n) is 7.60. The third-order valence-electron chi connectivity index (χ3n) is 3.74. The molecule has 0 radical (unpaired) electrons. The van der Waals surface area contributed by atoms with Crippen molar-refractivity contribution in [2.24, 2.45) is 7.05 Å². The highest BCUT2D eigenvalue weighted by Gasteiger charge is 2.17. The minimum Gasteiger partial charge on any atom is -0.469 e. The zero-order valence-electron chi connectivity index (χ0n) is 14.1. The molecule has 0 fully saturated rings. The summed E-state index contributed by atoms with van der Waals surface area (Å²) in [5.41, 5.74) is 1.20. The second-order valence-electron chi connectivity index (χ2n) is 5.55. The predicted molar refractivity (Wildman–Crippen MR) is 85.5 cm³/mol. The van der Waals surface area contributed by atoms with Crippen LogP contribution in [-0.4, -0.2) is 50.2 Å². The van der Waals surface area contributed by atoms with Gasteiger partial charge in [-0.15, -0.1) is 0 Å². The van der Waals surface area contributed by atoms with E-state index in [0.717, 1.165) is 5.82 Å². The Morgan fingerprint density at radius 1 is 1.39 bits per heavy atom. The van der Waals surface area contributed by atoms with Crippen molar-refractivity contribution in [1.82, 2.24) is 9.55 Å². The number of nitrogens with zero attached hydrogens (tertiary/aromatic N) is 2. The van der Waals surface area contributed by atoms with Gasteiger partial charge in [0, 0.05) is 13.5 Å². The molecule has 0 saturated heterocycles. The molecule has 3 atom stereocenters. The van der Waals surface area contributed by atoms with E-state index in [-0.39, 0.29) is 18.8 Å². The van der Waals surface area contributed by atoms with E-state index >= 15 is 0 Å². The van der Waals surface area contributed by atoms with Crippen LogP contribution in [0.3, 0.4) is 0 Å². The lowest BCUT2D eigenvalue weighted by Crippen LogP contribution is -2.23. The Morgan fingerprint density at radius 3 is 2.61 bits per heavy atom. The molecule has 0 aliphatic heterocycles. The Hall–Kier alpha value is -1.70. The van der Waals surface area contributed by atoms with Gasteiger partial charge in [-0.1, -0.05) is 6.08 Å². The van der Waals surface area contributed by atoms with Gasteiger partial charge in [-0.05, 0) is 32.8 Å². The molecule has 0 aliphatic carbocycles. The van der Waals surface area contributed by atoms with Crippen molar-refractivity contribution in [3.05, 3.63) is 23.3 Å². The lowest BCUT2D eigenvalue weighted by atomic mass is 10.1. The Labute approximate surface area is 136 Å². The quantitative estimate of drug-likeness (QED) is 0.612. The molecule has 2 unspecified atom stereocenters. The lowest BCUT2D eigenvalue weighted by Gasteiger charge is -2.14. The molecule has 23 heavy (non-hydrogen) atoms. The fraction of sp³-hybridized carbons (Fsp3) is 0.625. The number of imidazole rings is 1. The van der Waals surface area contributed by atoms with Crippen molar-refractivity contribution in [3.63, 3.8) is 0 Å². The summed E-state index contributed by atoms with van der Waals surface area (Å²) >= 11 is 0. The smallest absolute Gasteiger partial charge is 0.305 e. The van der Waals surface area contributed by atoms with Crippen molar-refractivity contribution >= 4 is 12.0 Å². The summed E-state index contributed by atoms with van der Waals surface area (Å²) in [6.45, 7) is 3.47. The molecule has 1 aromatic rings. The van der Waals surface area contributed by atoms with Gasteiger partial charge in [-0.2, -0.15) is 0 Å². The van der Waals surface area contributed by atoms with Crippen molar-refractivity contribution < 1.29 is 24.9 Å². The monoisotopic (exact) mass is 326 g/mol. The minimum absolute atomic E-state index is 0.204. The van der Waals surface area contributed by atoms with Gasteiger partial charge >= 0.3 is 5.97 Å². The maximum absolute atomic E-state index is 11.0. The highest BCUT2D eigenvalue weighted by molar-refractivity contribution is 5.68. The van der Waals surface area contributed by atoms with Gasteiger partial charge in [-0.3, -0.25) is 4.79 Å². The van der Waals surface area contributed by atoms with Crippen LogP contribution in [0, 0.1) is 6.92 Å². The molecule has 0 spiro atoms. The molecule has 130 valence electrons. The Morgan fingerprint density at radius 2 is 2.04 bits per heavy atom. The SMILES string of the molecule is COC(=O)CCCC(O)C(O)/C=C/c1nc(C)n(C)c1[C@H](C)O. The zero-order chi connectivity index (χ0) is 17.6. The molecular weight excluding hydrogens is 300 g/mol. The van der Waals surface area contributed by atoms with Gasteiger partial charge < -0.3 is 24.6 Å². The third kappa shape index (κ3) is 5.46. The van der Waals surface area contributed by atoms with E-state index < -0.39 is 18.3 Å². The molecule has 1 heterocycles. The van der Waals surface area contributed by atoms with Crippen molar-refractivity contribution in [3.8, 4) is 0 Å². The van der Waals surface area contributed by atoms with E-state index in [2.05, 4.69) is 9.72 Å². The highest BCUT2D eigenvalue weighted by Crippen LogP contribution is 2.20. The molecule has 0 saturated carbocycles. The third-order valence-corrected chi connectivity index (χ3v) is 3.74. The van der Waals surface area contributed by atoms with Crippen molar-refractivity contribution in [2.75, 3.05) is 7.11 Å². The van der Waals surface area contributed by atoms with Crippen LogP contribution >= 0.6 is 0 Å². The van der Waals surface area contributed by atoms with Crippen LogP contribution in [0.4, 0.5) is 0 Å². The van der Waals surface area contributed by atoms with Gasteiger partial charge in [0.05, 0.1) is 36.8 Å². The topological polar surface area (TPSA) is 105 Å². The summed E-state index contributed by atoms with van der Waals surface area (Å²) in [7, 11) is 3.12. The van der Waals surface area contributed by atoms with Crippen molar-refractivity contribution in [1.29, 1.82) is 0 Å². The number of methoxy groups -OCH3 is 1. The largest absolute Gasteiger partial charge is 0.469 e. The van der Waals surface area contributed by atoms with Crippen LogP contribution in [0.25, 0.3) is 6.08 Å². The first-order chi connectivity index (χ1) is 10.8. The maximum atomic E-state index is 11.0. The summed E-state index contributed by atoms with van der Waals surface area (Å²) in [5.74, 6) is 0.404. The summed E-state index contributed by atoms with van der Waals surface area (Å²) < 4.78 is 6.30. The molecule has 0 amide bonds. The summed E-state index contributed by atoms with van der Waals surface area (Å²) in [4.78, 5) is 15.3. The van der Waals surface area contributed by atoms with E-state index in [1.165, 1.54) is 13.2 Å². The van der Waals surface area contributed by atoms with Crippen LogP contribution in [0.15, 0.2) is 6.08 Å². The molecule has 1 rings (SSSR count). The van der Waals surface area contributed by atoms with Crippen LogP contribution < -0.4 is 0 Å². The van der Waals surface area contributed by atoms with E-state index in [1.807, 2.05) is 6.92 Å². The van der Waals surface area contributed by atoms with E-state index in [0.29, 0.717) is 17.8 Å². The number of aliphatic hydroxyl groups is 3. The number of carbonyl (C=O) groups excluding carboxylic acids is 1. The number of esters is 1. The van der Waals surface area contributed by atoms with Crippen LogP contribution in [0.5, 0.6) is 0 Å². The Balaban J connectivity index is 2.66. The minimum atomic E-state index is -1.07. The number of ether oxygens (including phenoxy) is 1. The normalized spacial score (nSPS) is 15.6. The molecule has 1 aromatic heterocycles. The molecule has 3 N–H and O–H groups in total. The number of carbonyl (C=O) groups is 1. The summed E-state index contributed by atoms with van der Waals surface area (Å²) in [5, 5.41) is 29.7. The second kappa shape index (κ2) is 8.81. The summed E-state index contributed by atoms with van der Waals surface area (Å²) in [6.07, 6.45) is 1.20. The molecule has 0 bridgehead atoms. The number of aliphatic hydroxyl groups excluding tert-OH is 3. The van der Waals surface area contributed by atoms with Crippen LogP contribution in [0.2, 0.25) is 0 Å². The fourth-order valence-electron chi connectivity index (χ4n) is 2.32. The van der Waals surface area contributed by atoms with Gasteiger partial charge in [0.2, 0.25) is 0 Å². The Bertz CT molecular complexity index is 551. The van der Waals surface area contributed by atoms with Crippen LogP contribution in [0.1, 0.15) is 49.5 Å². The fourth-order valence-corrected chi connectivity index (χ4v) is 2.32. The number of hydrogen-bond donors (Lipinski definition) is 3. The maximum Gasteiger partial charge on any atom is 0.305 e. The average Bonchev–Trinajstić information content (AvgIpc) is 2.79. The number of rotatable bonds is 8. The highest BCUT2D eigenvalue weighted by atomic mass is 16.5. The van der Waals surface area contributed by atoms with E-state index in [4.69, 9.17) is 0 Å². The zero-order valence-corrected chi connectivity index (χ0v) is 14.1. The van der Waals surface area contributed by atoms with Gasteiger partial charge in [0.25, 0.3) is 0 Å². The number of hydrogen-bond acceptors (Lipinski definition) is 6. The second-order valence-corrected chi connectivity index (χ2v) is 5.55. The predicted octanol–water partition coefficient (Wildman–Crippen LogP) is 0.860. The molecule has 7 heteroatoms. The van der Waals surface area contributed by atoms with Gasteiger partial charge in [0.1, 0.15) is 5.82 Å². The molecular formula is C16H26N2O5. The number of aryl methyl sites for hydroxylation is 1. The molecule has 0 aliphatic rings. The molecule has 7 nitrogen and oxygen atoms in total. The molecule has 0 aromatic carbocycles. The van der Waals surface area contributed by atoms with Gasteiger partial charge in [-0.25, -0.2) is 4.98 Å². The lowest BCUT2D eigenvalue weighted by molar-refractivity contribution is -0.140. The van der Waals surface area contributed by atoms with Crippen LogP contribution in [-0.2, 0) is 16.6 Å². The van der Waals surface area contributed by atoms with Gasteiger partial charge in [0.15, 0.2) is 0 Å². The Kier molecular flexibility index (Phi) is 7.41. The van der Waals surface area contributed by atoms with E-state index in [9.17, 15) is 20.1 Å². The van der Waals surface area contributed by atoms with E-state index in [1.54, 1.807) is 24.6 Å². The van der Waals surface area contributed by atoms with Crippen molar-refractivity contribution in [2.45, 2.75) is 51.4 Å².